The number of hydrogen-bond acceptors (Lipinski definition) is 1. The maximum Gasteiger partial charge on any atom is 0.132 e. The lowest BCUT2D eigenvalue weighted by atomic mass is 10.0. The molecule has 0 N–H and O–H groups in total. The Kier molecular flexibility index (Phi) is 3.37. The second-order valence-corrected chi connectivity index (χ2v) is 12.1. The molecule has 1 aromatic heterocycles. The summed E-state index contributed by atoms with van der Waals surface area (Å²) in [7, 11) is -1.96. The van der Waals surface area contributed by atoms with Crippen molar-refractivity contribution in [2.45, 2.75) is 32.9 Å². The molecule has 0 spiro atoms. The van der Waals surface area contributed by atoms with Gasteiger partial charge in [-0.05, 0) is 53.3 Å². The summed E-state index contributed by atoms with van der Waals surface area (Å²) >= 11 is 0. The quantitative estimate of drug-likeness (QED) is 0.577. The van der Waals surface area contributed by atoms with Crippen LogP contribution in [0.25, 0.3) is 11.3 Å². The number of aromatic nitrogens is 1. The van der Waals surface area contributed by atoms with Crippen LogP contribution in [-0.2, 0) is 6.37 Å². The number of halogens is 1. The predicted molar refractivity (Wildman–Crippen MR) is 107 cm³/mol. The standard InChI is InChI=1S/C22H24FNSi/c1-16-10-11-19(20(23)12-16)21-14-18(13-17-8-6-5-7-9-17)22(15-24-21)25(2,3)4/h5-12,14-15H,13H2,1-4H3/i1D3,13D2. The van der Waals surface area contributed by atoms with Crippen molar-refractivity contribution in [1.82, 2.24) is 4.98 Å². The Morgan fingerprint density at radius 2 is 1.84 bits per heavy atom. The van der Waals surface area contributed by atoms with E-state index in [1.165, 1.54) is 12.1 Å². The van der Waals surface area contributed by atoms with E-state index in [0.29, 0.717) is 11.1 Å². The van der Waals surface area contributed by atoms with E-state index in [-0.39, 0.29) is 16.8 Å². The van der Waals surface area contributed by atoms with E-state index in [0.717, 1.165) is 11.3 Å². The van der Waals surface area contributed by atoms with Gasteiger partial charge in [-0.3, -0.25) is 4.98 Å². The first-order valence-corrected chi connectivity index (χ1v) is 11.7. The van der Waals surface area contributed by atoms with Crippen LogP contribution < -0.4 is 5.19 Å². The molecule has 0 atom stereocenters. The number of nitrogens with zero attached hydrogens (tertiary/aromatic N) is 1. The molecule has 0 radical (unpaired) electrons. The van der Waals surface area contributed by atoms with Crippen LogP contribution in [-0.4, -0.2) is 13.1 Å². The van der Waals surface area contributed by atoms with Crippen molar-refractivity contribution in [2.75, 3.05) is 0 Å². The van der Waals surface area contributed by atoms with Crippen molar-refractivity contribution in [2.24, 2.45) is 0 Å². The third-order valence-corrected chi connectivity index (χ3v) is 6.02. The molecule has 0 unspecified atom stereocenters. The molecule has 0 amide bonds. The molecule has 3 aromatic rings. The van der Waals surface area contributed by atoms with Gasteiger partial charge in [-0.25, -0.2) is 4.39 Å². The highest BCUT2D eigenvalue weighted by Crippen LogP contribution is 2.24. The second-order valence-electron chi connectivity index (χ2n) is 7.05. The molecule has 0 aliphatic rings. The second kappa shape index (κ2) is 6.93. The fourth-order valence-electron chi connectivity index (χ4n) is 2.70. The average Bonchev–Trinajstić information content (AvgIpc) is 2.66. The first kappa shape index (κ1) is 12.1. The lowest BCUT2D eigenvalue weighted by molar-refractivity contribution is 0.629. The Labute approximate surface area is 157 Å². The molecule has 0 saturated carbocycles. The zero-order valence-corrected chi connectivity index (χ0v) is 15.6. The monoisotopic (exact) mass is 354 g/mol. The minimum absolute atomic E-state index is 0.0812. The van der Waals surface area contributed by atoms with E-state index in [2.05, 4.69) is 24.6 Å². The Balaban J connectivity index is 2.20. The maximum absolute atomic E-state index is 14.8. The van der Waals surface area contributed by atoms with Crippen LogP contribution in [0.1, 0.15) is 23.5 Å². The lowest BCUT2D eigenvalue weighted by Gasteiger charge is -2.21. The predicted octanol–water partition coefficient (Wildman–Crippen LogP) is 5.33. The summed E-state index contributed by atoms with van der Waals surface area (Å²) in [5.41, 5.74) is 1.33. The van der Waals surface area contributed by atoms with Crippen LogP contribution in [0.3, 0.4) is 0 Å². The number of benzene rings is 2. The Bertz CT molecular complexity index is 1060. The Morgan fingerprint density at radius 1 is 1.08 bits per heavy atom. The lowest BCUT2D eigenvalue weighted by Crippen LogP contribution is -2.40. The molecule has 0 aliphatic carbocycles. The molecule has 0 aliphatic heterocycles. The fourth-order valence-corrected chi connectivity index (χ4v) is 4.10. The third kappa shape index (κ3) is 4.05. The Hall–Kier alpha value is -2.26. The van der Waals surface area contributed by atoms with Gasteiger partial charge in [-0.1, -0.05) is 56.0 Å². The summed E-state index contributed by atoms with van der Waals surface area (Å²) < 4.78 is 54.9. The molecular formula is C22H24FNSi. The van der Waals surface area contributed by atoms with Crippen LogP contribution in [0.4, 0.5) is 4.39 Å². The van der Waals surface area contributed by atoms with Crippen LogP contribution in [0.2, 0.25) is 19.6 Å². The molecule has 25 heavy (non-hydrogen) atoms. The summed E-state index contributed by atoms with van der Waals surface area (Å²) in [6.07, 6.45) is -0.140. The maximum atomic E-state index is 14.8. The highest BCUT2D eigenvalue weighted by molar-refractivity contribution is 6.89. The smallest absolute Gasteiger partial charge is 0.132 e. The minimum Gasteiger partial charge on any atom is -0.256 e. The highest BCUT2D eigenvalue weighted by Gasteiger charge is 2.22. The summed E-state index contributed by atoms with van der Waals surface area (Å²) in [5, 5.41) is 0.861. The molecule has 1 nitrogen and oxygen atoms in total. The molecule has 3 heteroatoms. The molecule has 0 saturated heterocycles. The number of rotatable bonds is 4. The molecular weight excluding hydrogens is 325 g/mol. The van der Waals surface area contributed by atoms with Crippen LogP contribution in [0.5, 0.6) is 0 Å². The van der Waals surface area contributed by atoms with E-state index in [4.69, 9.17) is 6.85 Å². The van der Waals surface area contributed by atoms with Gasteiger partial charge in [0.2, 0.25) is 0 Å². The SMILES string of the molecule is [2H]C([2H])([2H])c1ccc(-c2cc(C([2H])([2H])c3ccccc3)c([Si](C)(C)C)cn2)c(F)c1. The van der Waals surface area contributed by atoms with Crippen molar-refractivity contribution in [3.63, 3.8) is 0 Å². The van der Waals surface area contributed by atoms with Crippen molar-refractivity contribution < 1.29 is 11.2 Å². The van der Waals surface area contributed by atoms with Gasteiger partial charge in [-0.2, -0.15) is 0 Å². The first-order valence-electron chi connectivity index (χ1n) is 10.7. The van der Waals surface area contributed by atoms with Gasteiger partial charge in [0.05, 0.1) is 13.8 Å². The number of hydrogen-bond donors (Lipinski definition) is 0. The van der Waals surface area contributed by atoms with E-state index in [1.807, 2.05) is 6.07 Å². The first-order chi connectivity index (χ1) is 13.8. The van der Waals surface area contributed by atoms with Gasteiger partial charge in [0.25, 0.3) is 0 Å². The number of aryl methyl sites for hydroxylation is 1. The molecule has 3 rings (SSSR count). The van der Waals surface area contributed by atoms with Gasteiger partial charge in [0, 0.05) is 18.6 Å². The van der Waals surface area contributed by atoms with Crippen LogP contribution in [0.15, 0.2) is 60.8 Å². The average molecular weight is 355 g/mol. The molecule has 0 fully saturated rings. The zero-order chi connectivity index (χ0) is 22.3. The minimum atomic E-state index is -2.40. The van der Waals surface area contributed by atoms with Gasteiger partial charge in [-0.15, -0.1) is 0 Å². The highest BCUT2D eigenvalue weighted by atomic mass is 28.3. The van der Waals surface area contributed by atoms with Crippen LogP contribution in [0, 0.1) is 12.7 Å². The van der Waals surface area contributed by atoms with E-state index < -0.39 is 27.1 Å². The fraction of sp³-hybridized carbons (Fsp3) is 0.227. The molecule has 128 valence electrons. The Morgan fingerprint density at radius 3 is 2.48 bits per heavy atom. The van der Waals surface area contributed by atoms with Gasteiger partial charge in [0.1, 0.15) is 5.82 Å². The normalized spacial score (nSPS) is 15.6. The summed E-state index contributed by atoms with van der Waals surface area (Å²) in [4.78, 5) is 4.42. The topological polar surface area (TPSA) is 12.9 Å². The van der Waals surface area contributed by atoms with Crippen molar-refractivity contribution in [3.05, 3.63) is 83.3 Å². The van der Waals surface area contributed by atoms with E-state index >= 15 is 0 Å². The van der Waals surface area contributed by atoms with Gasteiger partial charge >= 0.3 is 0 Å². The molecule has 2 aromatic carbocycles. The van der Waals surface area contributed by atoms with Gasteiger partial charge in [0.15, 0.2) is 0 Å². The van der Waals surface area contributed by atoms with Crippen molar-refractivity contribution >= 4 is 13.3 Å². The van der Waals surface area contributed by atoms with Crippen LogP contribution >= 0.6 is 0 Å². The summed E-state index contributed by atoms with van der Waals surface area (Å²) in [6, 6.07) is 14.3. The van der Waals surface area contributed by atoms with Crippen molar-refractivity contribution in [1.29, 1.82) is 0 Å². The van der Waals surface area contributed by atoms with E-state index in [1.54, 1.807) is 36.5 Å². The summed E-state index contributed by atoms with van der Waals surface area (Å²) in [6.45, 7) is 3.93. The van der Waals surface area contributed by atoms with Gasteiger partial charge < -0.3 is 0 Å². The molecule has 0 bridgehead atoms. The largest absolute Gasteiger partial charge is 0.256 e. The third-order valence-electron chi connectivity index (χ3n) is 4.01. The van der Waals surface area contributed by atoms with E-state index in [9.17, 15) is 4.39 Å². The van der Waals surface area contributed by atoms with Crippen molar-refractivity contribution in [3.8, 4) is 11.3 Å². The zero-order valence-electron chi connectivity index (χ0n) is 19.6. The molecule has 1 heterocycles. The number of pyridine rings is 1. The summed E-state index contributed by atoms with van der Waals surface area (Å²) in [5.74, 6) is -0.692.